The van der Waals surface area contributed by atoms with Crippen LogP contribution in [-0.4, -0.2) is 15.0 Å². The number of hydrogen-bond donors (Lipinski definition) is 1. The molecule has 0 aliphatic rings. The lowest BCUT2D eigenvalue weighted by Gasteiger charge is -2.12. The minimum Gasteiger partial charge on any atom is -0.211 e. The van der Waals surface area contributed by atoms with Crippen LogP contribution in [0.25, 0.3) is 0 Å². The summed E-state index contributed by atoms with van der Waals surface area (Å²) in [6.07, 6.45) is 0.770. The van der Waals surface area contributed by atoms with Gasteiger partial charge in [0, 0.05) is 12.4 Å². The molecule has 0 bridgehead atoms. The molecule has 0 heterocycles. The van der Waals surface area contributed by atoms with Crippen LogP contribution in [0, 0.1) is 13.8 Å². The summed E-state index contributed by atoms with van der Waals surface area (Å²) in [4.78, 5) is 0.326. The van der Waals surface area contributed by atoms with Gasteiger partial charge in [-0.05, 0) is 43.0 Å². The molecule has 0 aromatic heterocycles. The molecular weight excluding hydrogens is 258 g/mol. The summed E-state index contributed by atoms with van der Waals surface area (Å²) in [5.41, 5.74) is 2.63. The van der Waals surface area contributed by atoms with Crippen molar-refractivity contribution < 1.29 is 8.42 Å². The van der Waals surface area contributed by atoms with Crippen molar-refractivity contribution in [3.05, 3.63) is 28.8 Å². The van der Waals surface area contributed by atoms with Crippen LogP contribution in [0.4, 0.5) is 0 Å². The highest BCUT2D eigenvalue weighted by Crippen LogP contribution is 2.21. The number of halogens is 1. The molecule has 0 fully saturated rings. The van der Waals surface area contributed by atoms with Gasteiger partial charge in [-0.3, -0.25) is 0 Å². The number of nitrogens with one attached hydrogen (secondary N) is 1. The lowest BCUT2D eigenvalue weighted by Crippen LogP contribution is -2.25. The Balaban J connectivity index is 3.22. The standard InChI is InChI=1S/C12H18ClNO2S/c1-4-5-14-17(15,16)12-7-11(8-13)9(2)6-10(12)3/h6-7,14H,4-5,8H2,1-3H3. The first kappa shape index (κ1) is 14.5. The van der Waals surface area contributed by atoms with Gasteiger partial charge in [0.2, 0.25) is 10.0 Å². The van der Waals surface area contributed by atoms with Gasteiger partial charge in [-0.1, -0.05) is 13.0 Å². The molecule has 0 radical (unpaired) electrons. The maximum absolute atomic E-state index is 12.0. The zero-order valence-corrected chi connectivity index (χ0v) is 12.0. The van der Waals surface area contributed by atoms with Crippen molar-refractivity contribution in [2.45, 2.75) is 38.0 Å². The van der Waals surface area contributed by atoms with Crippen LogP contribution in [0.1, 0.15) is 30.0 Å². The smallest absolute Gasteiger partial charge is 0.211 e. The van der Waals surface area contributed by atoms with Crippen molar-refractivity contribution >= 4 is 21.6 Å². The van der Waals surface area contributed by atoms with Gasteiger partial charge in [-0.2, -0.15) is 0 Å². The highest BCUT2D eigenvalue weighted by atomic mass is 35.5. The van der Waals surface area contributed by atoms with Crippen molar-refractivity contribution in [2.24, 2.45) is 0 Å². The fourth-order valence-electron chi connectivity index (χ4n) is 1.62. The summed E-state index contributed by atoms with van der Waals surface area (Å²) in [7, 11) is -3.41. The number of benzene rings is 1. The molecule has 0 saturated heterocycles. The maximum atomic E-state index is 12.0. The molecule has 0 amide bonds. The zero-order chi connectivity index (χ0) is 13.1. The number of hydrogen-bond acceptors (Lipinski definition) is 2. The third kappa shape index (κ3) is 3.44. The van der Waals surface area contributed by atoms with Crippen molar-refractivity contribution in [1.29, 1.82) is 0 Å². The number of aryl methyl sites for hydroxylation is 2. The molecule has 96 valence electrons. The Morgan fingerprint density at radius 1 is 1.24 bits per heavy atom. The van der Waals surface area contributed by atoms with Crippen LogP contribution in [-0.2, 0) is 15.9 Å². The Morgan fingerprint density at radius 2 is 1.88 bits per heavy atom. The summed E-state index contributed by atoms with van der Waals surface area (Å²) in [5.74, 6) is 0.322. The molecule has 3 nitrogen and oxygen atoms in total. The molecule has 1 aromatic rings. The molecular formula is C12H18ClNO2S. The highest BCUT2D eigenvalue weighted by Gasteiger charge is 2.17. The van der Waals surface area contributed by atoms with Crippen LogP contribution in [0.3, 0.4) is 0 Å². The van der Waals surface area contributed by atoms with E-state index in [1.807, 2.05) is 19.9 Å². The SMILES string of the molecule is CCCNS(=O)(=O)c1cc(CCl)c(C)cc1C. The van der Waals surface area contributed by atoms with Gasteiger partial charge < -0.3 is 0 Å². The average Bonchev–Trinajstić information content (AvgIpc) is 2.26. The Labute approximate surface area is 108 Å². The van der Waals surface area contributed by atoms with E-state index in [0.29, 0.717) is 17.3 Å². The topological polar surface area (TPSA) is 46.2 Å². The van der Waals surface area contributed by atoms with E-state index in [-0.39, 0.29) is 0 Å². The first-order chi connectivity index (χ1) is 7.92. The van der Waals surface area contributed by atoms with E-state index >= 15 is 0 Å². The van der Waals surface area contributed by atoms with E-state index < -0.39 is 10.0 Å². The van der Waals surface area contributed by atoms with Gasteiger partial charge in [0.1, 0.15) is 0 Å². The quantitative estimate of drug-likeness (QED) is 0.840. The first-order valence-electron chi connectivity index (χ1n) is 5.58. The van der Waals surface area contributed by atoms with Crippen LogP contribution in [0.2, 0.25) is 0 Å². The van der Waals surface area contributed by atoms with Gasteiger partial charge in [0.15, 0.2) is 0 Å². The number of rotatable bonds is 5. The van der Waals surface area contributed by atoms with Gasteiger partial charge in [0.25, 0.3) is 0 Å². The second-order valence-electron chi connectivity index (χ2n) is 4.08. The normalized spacial score (nSPS) is 11.8. The molecule has 5 heteroatoms. The molecule has 1 N–H and O–H groups in total. The molecule has 0 spiro atoms. The van der Waals surface area contributed by atoms with E-state index in [4.69, 9.17) is 11.6 Å². The lowest BCUT2D eigenvalue weighted by atomic mass is 10.1. The minimum absolute atomic E-state index is 0.322. The van der Waals surface area contributed by atoms with Crippen molar-refractivity contribution in [2.75, 3.05) is 6.54 Å². The largest absolute Gasteiger partial charge is 0.240 e. The fraction of sp³-hybridized carbons (Fsp3) is 0.500. The second kappa shape index (κ2) is 5.85. The molecule has 0 aliphatic heterocycles. The van der Waals surface area contributed by atoms with Crippen molar-refractivity contribution in [3.63, 3.8) is 0 Å². The van der Waals surface area contributed by atoms with Crippen LogP contribution >= 0.6 is 11.6 Å². The van der Waals surface area contributed by atoms with Gasteiger partial charge in [0.05, 0.1) is 4.90 Å². The monoisotopic (exact) mass is 275 g/mol. The Bertz CT molecular complexity index is 497. The summed E-state index contributed by atoms with van der Waals surface area (Å²) in [6.45, 7) is 6.10. The number of alkyl halides is 1. The fourth-order valence-corrected chi connectivity index (χ4v) is 3.32. The third-order valence-electron chi connectivity index (χ3n) is 2.61. The van der Waals surface area contributed by atoms with Crippen LogP contribution in [0.15, 0.2) is 17.0 Å². The highest BCUT2D eigenvalue weighted by molar-refractivity contribution is 7.89. The Hall–Kier alpha value is -0.580. The summed E-state index contributed by atoms with van der Waals surface area (Å²) in [6, 6.07) is 3.52. The van der Waals surface area contributed by atoms with Gasteiger partial charge >= 0.3 is 0 Å². The number of sulfonamides is 1. The second-order valence-corrected chi connectivity index (χ2v) is 6.08. The molecule has 1 rings (SSSR count). The third-order valence-corrected chi connectivity index (χ3v) is 4.50. The summed E-state index contributed by atoms with van der Waals surface area (Å²) in [5, 5.41) is 0. The molecule has 0 saturated carbocycles. The van der Waals surface area contributed by atoms with E-state index in [1.165, 1.54) is 0 Å². The van der Waals surface area contributed by atoms with Gasteiger partial charge in [-0.25, -0.2) is 13.1 Å². The molecule has 0 aliphatic carbocycles. The van der Waals surface area contributed by atoms with E-state index in [2.05, 4.69) is 4.72 Å². The van der Waals surface area contributed by atoms with E-state index in [9.17, 15) is 8.42 Å². The first-order valence-corrected chi connectivity index (χ1v) is 7.60. The van der Waals surface area contributed by atoms with Crippen LogP contribution < -0.4 is 4.72 Å². The average molecular weight is 276 g/mol. The summed E-state index contributed by atoms with van der Waals surface area (Å²) < 4.78 is 26.6. The molecule has 0 unspecified atom stereocenters. The molecule has 1 aromatic carbocycles. The molecule has 17 heavy (non-hydrogen) atoms. The van der Waals surface area contributed by atoms with Crippen molar-refractivity contribution in [3.8, 4) is 0 Å². The van der Waals surface area contributed by atoms with Gasteiger partial charge in [-0.15, -0.1) is 11.6 Å². The maximum Gasteiger partial charge on any atom is 0.240 e. The predicted molar refractivity (Wildman–Crippen MR) is 71.0 cm³/mol. The Kier molecular flexibility index (Phi) is 4.98. The lowest BCUT2D eigenvalue weighted by molar-refractivity contribution is 0.580. The van der Waals surface area contributed by atoms with Crippen molar-refractivity contribution in [1.82, 2.24) is 4.72 Å². The van der Waals surface area contributed by atoms with E-state index in [1.54, 1.807) is 13.0 Å². The summed E-state index contributed by atoms with van der Waals surface area (Å²) >= 11 is 5.80. The Morgan fingerprint density at radius 3 is 2.41 bits per heavy atom. The van der Waals surface area contributed by atoms with E-state index in [0.717, 1.165) is 23.1 Å². The van der Waals surface area contributed by atoms with Crippen LogP contribution in [0.5, 0.6) is 0 Å². The predicted octanol–water partition coefficient (Wildman–Crippen LogP) is 2.73. The zero-order valence-electron chi connectivity index (χ0n) is 10.4. The molecule has 0 atom stereocenters. The minimum atomic E-state index is -3.41.